The van der Waals surface area contributed by atoms with Gasteiger partial charge in [0.2, 0.25) is 5.91 Å². The van der Waals surface area contributed by atoms with E-state index in [0.717, 1.165) is 30.1 Å². The molecule has 1 aromatic carbocycles. The van der Waals surface area contributed by atoms with E-state index in [2.05, 4.69) is 10.3 Å². The predicted octanol–water partition coefficient (Wildman–Crippen LogP) is 3.02. The Morgan fingerprint density at radius 3 is 2.39 bits per heavy atom. The summed E-state index contributed by atoms with van der Waals surface area (Å²) in [5.41, 5.74) is 1.95. The van der Waals surface area contributed by atoms with Crippen LogP contribution in [0.1, 0.15) is 24.8 Å². The highest BCUT2D eigenvalue weighted by atomic mass is 127. The second-order valence-corrected chi connectivity index (χ2v) is 6.22. The molecule has 128 valence electrons. The van der Waals surface area contributed by atoms with E-state index in [1.165, 1.54) is 6.42 Å². The molecule has 0 radical (unpaired) electrons. The molecule has 0 aliphatic heterocycles. The van der Waals surface area contributed by atoms with Crippen molar-refractivity contribution in [2.75, 3.05) is 33.5 Å². The Bertz CT molecular complexity index is 543. The van der Waals surface area contributed by atoms with Gasteiger partial charge in [0.15, 0.2) is 5.96 Å². The number of nitrogens with zero attached hydrogens (tertiary/aromatic N) is 3. The highest BCUT2D eigenvalue weighted by molar-refractivity contribution is 14.0. The van der Waals surface area contributed by atoms with E-state index < -0.39 is 0 Å². The van der Waals surface area contributed by atoms with Crippen molar-refractivity contribution in [2.45, 2.75) is 25.8 Å². The SMILES string of the molecule is CN(C)C(=NCc1cccc(NC(=O)C2CCC2)c1)N(C)C.I. The number of hydrogen-bond acceptors (Lipinski definition) is 2. The van der Waals surface area contributed by atoms with Gasteiger partial charge in [-0.2, -0.15) is 0 Å². The average molecular weight is 430 g/mol. The fraction of sp³-hybridized carbons (Fsp3) is 0.529. The number of anilines is 1. The molecule has 23 heavy (non-hydrogen) atoms. The van der Waals surface area contributed by atoms with Crippen LogP contribution in [0.25, 0.3) is 0 Å². The van der Waals surface area contributed by atoms with Crippen LogP contribution >= 0.6 is 24.0 Å². The van der Waals surface area contributed by atoms with Crippen LogP contribution in [-0.2, 0) is 11.3 Å². The van der Waals surface area contributed by atoms with Crippen molar-refractivity contribution in [3.8, 4) is 0 Å². The Kier molecular flexibility index (Phi) is 7.81. The summed E-state index contributed by atoms with van der Waals surface area (Å²) in [6.07, 6.45) is 3.21. The summed E-state index contributed by atoms with van der Waals surface area (Å²) >= 11 is 0. The first-order valence-corrected chi connectivity index (χ1v) is 7.76. The first-order chi connectivity index (χ1) is 10.5. The third-order valence-electron chi connectivity index (χ3n) is 3.87. The van der Waals surface area contributed by atoms with E-state index in [9.17, 15) is 4.79 Å². The van der Waals surface area contributed by atoms with Crippen LogP contribution in [0.5, 0.6) is 0 Å². The number of rotatable bonds is 4. The standard InChI is InChI=1S/C17H26N4O.HI/c1-20(2)17(21(3)4)18-12-13-7-5-10-15(11-13)19-16(22)14-8-6-9-14;/h5,7,10-11,14H,6,8-9,12H2,1-4H3,(H,19,22);1H. The second-order valence-electron chi connectivity index (χ2n) is 6.22. The van der Waals surface area contributed by atoms with Crippen LogP contribution in [-0.4, -0.2) is 49.9 Å². The minimum absolute atomic E-state index is 0. The number of amides is 1. The average Bonchev–Trinajstić information content (AvgIpc) is 2.36. The minimum Gasteiger partial charge on any atom is -0.349 e. The lowest BCUT2D eigenvalue weighted by atomic mass is 9.85. The van der Waals surface area contributed by atoms with Crippen LogP contribution < -0.4 is 5.32 Å². The topological polar surface area (TPSA) is 47.9 Å². The summed E-state index contributed by atoms with van der Waals surface area (Å²) in [5, 5.41) is 3.01. The summed E-state index contributed by atoms with van der Waals surface area (Å²) in [5.74, 6) is 1.27. The lowest BCUT2D eigenvalue weighted by Crippen LogP contribution is -2.35. The van der Waals surface area contributed by atoms with Crippen molar-refractivity contribution in [2.24, 2.45) is 10.9 Å². The zero-order chi connectivity index (χ0) is 16.1. The smallest absolute Gasteiger partial charge is 0.227 e. The quantitative estimate of drug-likeness (QED) is 0.454. The lowest BCUT2D eigenvalue weighted by Gasteiger charge is -2.24. The fourth-order valence-corrected chi connectivity index (χ4v) is 2.51. The van der Waals surface area contributed by atoms with Gasteiger partial charge < -0.3 is 15.1 Å². The van der Waals surface area contributed by atoms with Gasteiger partial charge in [-0.05, 0) is 30.5 Å². The Morgan fingerprint density at radius 2 is 1.87 bits per heavy atom. The Balaban J connectivity index is 0.00000264. The first-order valence-electron chi connectivity index (χ1n) is 7.76. The largest absolute Gasteiger partial charge is 0.349 e. The normalized spacial score (nSPS) is 13.4. The van der Waals surface area contributed by atoms with Gasteiger partial charge in [-0.25, -0.2) is 4.99 Å². The van der Waals surface area contributed by atoms with E-state index in [0.29, 0.717) is 6.54 Å². The third-order valence-corrected chi connectivity index (χ3v) is 3.87. The molecule has 1 aliphatic carbocycles. The molecule has 0 heterocycles. The molecule has 1 N–H and O–H groups in total. The molecule has 6 heteroatoms. The number of carbonyl (C=O) groups is 1. The zero-order valence-electron chi connectivity index (χ0n) is 14.4. The lowest BCUT2D eigenvalue weighted by molar-refractivity contribution is -0.122. The number of aliphatic imine (C=N–C) groups is 1. The van der Waals surface area contributed by atoms with Crippen LogP contribution in [0.4, 0.5) is 5.69 Å². The number of nitrogens with one attached hydrogen (secondary N) is 1. The van der Waals surface area contributed by atoms with Gasteiger partial charge in [0.1, 0.15) is 0 Å². The molecule has 5 nitrogen and oxygen atoms in total. The fourth-order valence-electron chi connectivity index (χ4n) is 2.51. The van der Waals surface area contributed by atoms with Crippen molar-refractivity contribution in [3.63, 3.8) is 0 Å². The maximum atomic E-state index is 12.0. The summed E-state index contributed by atoms with van der Waals surface area (Å²) in [7, 11) is 7.92. The molecule has 0 aromatic heterocycles. The van der Waals surface area contributed by atoms with Gasteiger partial charge in [0, 0.05) is 39.8 Å². The van der Waals surface area contributed by atoms with E-state index in [1.807, 2.05) is 62.3 Å². The highest BCUT2D eigenvalue weighted by Gasteiger charge is 2.25. The number of hydrogen-bond donors (Lipinski definition) is 1. The molecule has 0 atom stereocenters. The van der Waals surface area contributed by atoms with Crippen molar-refractivity contribution in [3.05, 3.63) is 29.8 Å². The maximum Gasteiger partial charge on any atom is 0.227 e. The highest BCUT2D eigenvalue weighted by Crippen LogP contribution is 2.27. The number of guanidine groups is 1. The molecular weight excluding hydrogens is 403 g/mol. The van der Waals surface area contributed by atoms with Crippen LogP contribution in [0.3, 0.4) is 0 Å². The van der Waals surface area contributed by atoms with E-state index in [1.54, 1.807) is 0 Å². The molecule has 0 unspecified atom stereocenters. The Labute approximate surface area is 156 Å². The summed E-state index contributed by atoms with van der Waals surface area (Å²) in [4.78, 5) is 20.6. The summed E-state index contributed by atoms with van der Waals surface area (Å²) in [6.45, 7) is 0.596. The Hall–Kier alpha value is -1.31. The molecule has 0 bridgehead atoms. The minimum atomic E-state index is 0. The number of halogens is 1. The monoisotopic (exact) mass is 430 g/mol. The zero-order valence-corrected chi connectivity index (χ0v) is 16.7. The van der Waals surface area contributed by atoms with Gasteiger partial charge in [0.25, 0.3) is 0 Å². The number of carbonyl (C=O) groups excluding carboxylic acids is 1. The molecule has 0 saturated heterocycles. The molecular formula is C17H27IN4O. The van der Waals surface area contributed by atoms with Crippen LogP contribution in [0.15, 0.2) is 29.3 Å². The van der Waals surface area contributed by atoms with Crippen molar-refractivity contribution in [1.29, 1.82) is 0 Å². The van der Waals surface area contributed by atoms with Gasteiger partial charge in [-0.1, -0.05) is 18.6 Å². The Morgan fingerprint density at radius 1 is 1.22 bits per heavy atom. The number of benzene rings is 1. The van der Waals surface area contributed by atoms with Crippen LogP contribution in [0.2, 0.25) is 0 Å². The van der Waals surface area contributed by atoms with Crippen molar-refractivity contribution < 1.29 is 4.79 Å². The predicted molar refractivity (Wildman–Crippen MR) is 106 cm³/mol. The van der Waals surface area contributed by atoms with E-state index >= 15 is 0 Å². The molecule has 1 fully saturated rings. The van der Waals surface area contributed by atoms with Gasteiger partial charge in [0.05, 0.1) is 6.54 Å². The maximum absolute atomic E-state index is 12.0. The summed E-state index contributed by atoms with van der Waals surface area (Å²) in [6, 6.07) is 7.93. The van der Waals surface area contributed by atoms with E-state index in [-0.39, 0.29) is 35.8 Å². The molecule has 0 spiro atoms. The van der Waals surface area contributed by atoms with Crippen molar-refractivity contribution >= 4 is 41.5 Å². The first kappa shape index (κ1) is 19.7. The van der Waals surface area contributed by atoms with E-state index in [4.69, 9.17) is 0 Å². The van der Waals surface area contributed by atoms with Crippen molar-refractivity contribution in [1.82, 2.24) is 9.80 Å². The molecule has 2 rings (SSSR count). The third kappa shape index (κ3) is 5.67. The molecule has 1 aliphatic rings. The van der Waals surface area contributed by atoms with Gasteiger partial charge in [-0.15, -0.1) is 24.0 Å². The van der Waals surface area contributed by atoms with Gasteiger partial charge >= 0.3 is 0 Å². The molecule has 1 amide bonds. The van der Waals surface area contributed by atoms with Crippen LogP contribution in [0, 0.1) is 5.92 Å². The molecule has 1 aromatic rings. The second kappa shape index (κ2) is 9.10. The molecule has 1 saturated carbocycles. The van der Waals surface area contributed by atoms with Gasteiger partial charge in [-0.3, -0.25) is 4.79 Å². The summed E-state index contributed by atoms with van der Waals surface area (Å²) < 4.78 is 0.